The van der Waals surface area contributed by atoms with Crippen LogP contribution in [0.1, 0.15) is 5.56 Å². The third kappa shape index (κ3) is 3.82. The van der Waals surface area contributed by atoms with Crippen LogP contribution in [0.2, 0.25) is 0 Å². The van der Waals surface area contributed by atoms with Crippen LogP contribution in [0.3, 0.4) is 0 Å². The first-order valence-electron chi connectivity index (χ1n) is 7.80. The molecular formula is C19H17N5O2. The van der Waals surface area contributed by atoms with Crippen LogP contribution in [0.5, 0.6) is 11.5 Å². The second kappa shape index (κ2) is 7.85. The SMILES string of the molecule is COc1ccc(OC)c(Nc2cc(Nc3ccccc3C#N)ncn2)c1. The number of hydrogen-bond acceptors (Lipinski definition) is 7. The molecule has 3 rings (SSSR count). The Morgan fingerprint density at radius 1 is 0.885 bits per heavy atom. The van der Waals surface area contributed by atoms with Gasteiger partial charge in [0, 0.05) is 12.1 Å². The number of anilines is 4. The van der Waals surface area contributed by atoms with Gasteiger partial charge in [0.05, 0.1) is 31.2 Å². The van der Waals surface area contributed by atoms with Crippen LogP contribution in [-0.2, 0) is 0 Å². The standard InChI is InChI=1S/C19H17N5O2/c1-25-14-7-8-17(26-2)16(9-14)24-19-10-18(21-12-22-19)23-15-6-4-3-5-13(15)11-20/h3-10,12H,1-2H3,(H2,21,22,23,24). The van der Waals surface area contributed by atoms with E-state index in [0.29, 0.717) is 40.1 Å². The summed E-state index contributed by atoms with van der Waals surface area (Å²) in [6, 6.07) is 16.6. The van der Waals surface area contributed by atoms with E-state index >= 15 is 0 Å². The number of methoxy groups -OCH3 is 2. The number of nitrogens with zero attached hydrogens (tertiary/aromatic N) is 3. The summed E-state index contributed by atoms with van der Waals surface area (Å²) in [5.41, 5.74) is 1.93. The summed E-state index contributed by atoms with van der Waals surface area (Å²) in [6.07, 6.45) is 1.44. The van der Waals surface area contributed by atoms with Gasteiger partial charge >= 0.3 is 0 Å². The third-order valence-electron chi connectivity index (χ3n) is 3.65. The third-order valence-corrected chi connectivity index (χ3v) is 3.65. The highest BCUT2D eigenvalue weighted by atomic mass is 16.5. The van der Waals surface area contributed by atoms with E-state index in [1.165, 1.54) is 6.33 Å². The first-order valence-corrected chi connectivity index (χ1v) is 7.80. The maximum absolute atomic E-state index is 9.19. The molecule has 0 aliphatic rings. The summed E-state index contributed by atoms with van der Waals surface area (Å²) in [5, 5.41) is 15.5. The Hall–Kier alpha value is -3.79. The molecule has 0 aliphatic carbocycles. The Balaban J connectivity index is 1.85. The lowest BCUT2D eigenvalue weighted by Gasteiger charge is -2.13. The van der Waals surface area contributed by atoms with E-state index in [2.05, 4.69) is 26.7 Å². The molecule has 0 aliphatic heterocycles. The lowest BCUT2D eigenvalue weighted by molar-refractivity contribution is 0.405. The van der Waals surface area contributed by atoms with Gasteiger partial charge in [-0.15, -0.1) is 0 Å². The summed E-state index contributed by atoms with van der Waals surface area (Å²) in [5.74, 6) is 2.49. The average molecular weight is 347 g/mol. The van der Waals surface area contributed by atoms with Crippen LogP contribution in [0, 0.1) is 11.3 Å². The minimum Gasteiger partial charge on any atom is -0.497 e. The van der Waals surface area contributed by atoms with E-state index in [-0.39, 0.29) is 0 Å². The molecule has 3 aromatic rings. The van der Waals surface area contributed by atoms with Gasteiger partial charge in [-0.05, 0) is 24.3 Å². The monoisotopic (exact) mass is 347 g/mol. The molecule has 26 heavy (non-hydrogen) atoms. The van der Waals surface area contributed by atoms with Gasteiger partial charge in [0.25, 0.3) is 0 Å². The molecule has 1 heterocycles. The molecule has 0 bridgehead atoms. The molecule has 1 aromatic heterocycles. The first kappa shape index (κ1) is 17.0. The van der Waals surface area contributed by atoms with Crippen molar-refractivity contribution in [2.75, 3.05) is 24.9 Å². The summed E-state index contributed by atoms with van der Waals surface area (Å²) < 4.78 is 10.6. The largest absolute Gasteiger partial charge is 0.497 e. The van der Waals surface area contributed by atoms with Gasteiger partial charge in [0.1, 0.15) is 35.5 Å². The van der Waals surface area contributed by atoms with Gasteiger partial charge in [-0.25, -0.2) is 9.97 Å². The maximum Gasteiger partial charge on any atom is 0.142 e. The van der Waals surface area contributed by atoms with E-state index < -0.39 is 0 Å². The molecule has 0 spiro atoms. The number of para-hydroxylation sites is 1. The lowest BCUT2D eigenvalue weighted by atomic mass is 10.2. The van der Waals surface area contributed by atoms with Crippen LogP contribution in [-0.4, -0.2) is 24.2 Å². The Bertz CT molecular complexity index is 953. The van der Waals surface area contributed by atoms with E-state index in [0.717, 1.165) is 0 Å². The van der Waals surface area contributed by atoms with Crippen LogP contribution in [0.15, 0.2) is 54.9 Å². The predicted octanol–water partition coefficient (Wildman–Crippen LogP) is 3.85. The van der Waals surface area contributed by atoms with E-state index in [1.54, 1.807) is 26.4 Å². The average Bonchev–Trinajstić information content (AvgIpc) is 2.68. The van der Waals surface area contributed by atoms with Gasteiger partial charge in [-0.2, -0.15) is 5.26 Å². The number of nitriles is 1. The number of hydrogen-bond donors (Lipinski definition) is 2. The molecule has 7 nitrogen and oxygen atoms in total. The Morgan fingerprint density at radius 3 is 2.31 bits per heavy atom. The van der Waals surface area contributed by atoms with Crippen molar-refractivity contribution < 1.29 is 9.47 Å². The smallest absolute Gasteiger partial charge is 0.142 e. The Kier molecular flexibility index (Phi) is 5.15. The number of benzene rings is 2. The zero-order valence-corrected chi connectivity index (χ0v) is 14.4. The zero-order valence-electron chi connectivity index (χ0n) is 14.4. The number of rotatable bonds is 6. The summed E-state index contributed by atoms with van der Waals surface area (Å²) in [6.45, 7) is 0. The van der Waals surface area contributed by atoms with E-state index in [1.807, 2.05) is 36.4 Å². The maximum atomic E-state index is 9.19. The van der Waals surface area contributed by atoms with Crippen molar-refractivity contribution in [2.45, 2.75) is 0 Å². The minimum atomic E-state index is 0.537. The molecule has 0 saturated heterocycles. The molecule has 7 heteroatoms. The molecular weight excluding hydrogens is 330 g/mol. The van der Waals surface area contributed by atoms with Gasteiger partial charge in [-0.1, -0.05) is 12.1 Å². The van der Waals surface area contributed by atoms with E-state index in [9.17, 15) is 5.26 Å². The van der Waals surface area contributed by atoms with Crippen LogP contribution in [0.25, 0.3) is 0 Å². The Labute approximate surface area is 151 Å². The first-order chi connectivity index (χ1) is 12.7. The van der Waals surface area contributed by atoms with Gasteiger partial charge < -0.3 is 20.1 Å². The lowest BCUT2D eigenvalue weighted by Crippen LogP contribution is -2.01. The van der Waals surface area contributed by atoms with Gasteiger partial charge in [0.2, 0.25) is 0 Å². The molecule has 0 unspecified atom stereocenters. The highest BCUT2D eigenvalue weighted by Crippen LogP contribution is 2.31. The normalized spacial score (nSPS) is 9.88. The second-order valence-electron chi connectivity index (χ2n) is 5.26. The van der Waals surface area contributed by atoms with Crippen LogP contribution < -0.4 is 20.1 Å². The number of ether oxygens (including phenoxy) is 2. The summed E-state index contributed by atoms with van der Waals surface area (Å²) in [4.78, 5) is 8.43. The van der Waals surface area contributed by atoms with Crippen molar-refractivity contribution in [1.82, 2.24) is 9.97 Å². The van der Waals surface area contributed by atoms with Gasteiger partial charge in [0.15, 0.2) is 0 Å². The molecule has 130 valence electrons. The fourth-order valence-electron chi connectivity index (χ4n) is 2.37. The number of nitrogens with one attached hydrogen (secondary N) is 2. The fourth-order valence-corrected chi connectivity index (χ4v) is 2.37. The second-order valence-corrected chi connectivity index (χ2v) is 5.26. The molecule has 2 aromatic carbocycles. The molecule has 0 amide bonds. The molecule has 2 N–H and O–H groups in total. The van der Waals surface area contributed by atoms with Crippen LogP contribution >= 0.6 is 0 Å². The minimum absolute atomic E-state index is 0.537. The quantitative estimate of drug-likeness (QED) is 0.699. The van der Waals surface area contributed by atoms with Crippen molar-refractivity contribution in [3.63, 3.8) is 0 Å². The Morgan fingerprint density at radius 2 is 1.62 bits per heavy atom. The predicted molar refractivity (Wildman–Crippen MR) is 99.3 cm³/mol. The highest BCUT2D eigenvalue weighted by molar-refractivity contribution is 5.70. The zero-order chi connectivity index (χ0) is 18.4. The van der Waals surface area contributed by atoms with Crippen molar-refractivity contribution in [1.29, 1.82) is 5.26 Å². The summed E-state index contributed by atoms with van der Waals surface area (Å²) in [7, 11) is 3.20. The highest BCUT2D eigenvalue weighted by Gasteiger charge is 2.08. The number of aromatic nitrogens is 2. The molecule has 0 atom stereocenters. The topological polar surface area (TPSA) is 92.1 Å². The fraction of sp³-hybridized carbons (Fsp3) is 0.105. The van der Waals surface area contributed by atoms with E-state index in [4.69, 9.17) is 9.47 Å². The summed E-state index contributed by atoms with van der Waals surface area (Å²) >= 11 is 0. The molecule has 0 saturated carbocycles. The van der Waals surface area contributed by atoms with Gasteiger partial charge in [-0.3, -0.25) is 0 Å². The van der Waals surface area contributed by atoms with Crippen molar-refractivity contribution in [3.8, 4) is 17.6 Å². The van der Waals surface area contributed by atoms with Crippen molar-refractivity contribution >= 4 is 23.0 Å². The van der Waals surface area contributed by atoms with Crippen molar-refractivity contribution in [2.24, 2.45) is 0 Å². The molecule has 0 radical (unpaired) electrons. The van der Waals surface area contributed by atoms with Crippen molar-refractivity contribution in [3.05, 3.63) is 60.4 Å². The van der Waals surface area contributed by atoms with Crippen LogP contribution in [0.4, 0.5) is 23.0 Å². The molecule has 0 fully saturated rings.